The SMILES string of the molecule is O=C1CCCCN1c1ccccc1CCN1CCC(c2ncccc2F)C1. The first-order valence-electron chi connectivity index (χ1n) is 9.93. The van der Waals surface area contributed by atoms with Crippen molar-refractivity contribution in [1.29, 1.82) is 0 Å². The lowest BCUT2D eigenvalue weighted by Gasteiger charge is -2.29. The average Bonchev–Trinajstić information content (AvgIpc) is 3.16. The number of pyridine rings is 1. The maximum atomic E-state index is 14.0. The smallest absolute Gasteiger partial charge is 0.226 e. The van der Waals surface area contributed by atoms with Gasteiger partial charge in [0.05, 0.1) is 5.69 Å². The summed E-state index contributed by atoms with van der Waals surface area (Å²) < 4.78 is 14.0. The normalized spacial score (nSPS) is 21.0. The third-order valence-electron chi connectivity index (χ3n) is 5.75. The van der Waals surface area contributed by atoms with Gasteiger partial charge in [-0.2, -0.15) is 0 Å². The van der Waals surface area contributed by atoms with Crippen molar-refractivity contribution in [3.8, 4) is 0 Å². The van der Waals surface area contributed by atoms with Crippen LogP contribution >= 0.6 is 0 Å². The number of aromatic nitrogens is 1. The van der Waals surface area contributed by atoms with Gasteiger partial charge in [-0.3, -0.25) is 9.78 Å². The molecule has 0 radical (unpaired) electrons. The van der Waals surface area contributed by atoms with Crippen LogP contribution in [0, 0.1) is 5.82 Å². The van der Waals surface area contributed by atoms with Crippen molar-refractivity contribution < 1.29 is 9.18 Å². The molecule has 4 nitrogen and oxygen atoms in total. The summed E-state index contributed by atoms with van der Waals surface area (Å²) >= 11 is 0. The highest BCUT2D eigenvalue weighted by Crippen LogP contribution is 2.29. The lowest BCUT2D eigenvalue weighted by Crippen LogP contribution is -2.36. The van der Waals surface area contributed by atoms with Gasteiger partial charge in [0.2, 0.25) is 5.91 Å². The highest BCUT2D eigenvalue weighted by molar-refractivity contribution is 5.94. The Morgan fingerprint density at radius 1 is 1.11 bits per heavy atom. The maximum absolute atomic E-state index is 14.0. The van der Waals surface area contributed by atoms with Gasteiger partial charge in [-0.05, 0) is 56.0 Å². The van der Waals surface area contributed by atoms with Crippen LogP contribution < -0.4 is 4.90 Å². The predicted octanol–water partition coefficient (Wildman–Crippen LogP) is 3.77. The van der Waals surface area contributed by atoms with E-state index in [1.165, 1.54) is 11.6 Å². The van der Waals surface area contributed by atoms with E-state index in [4.69, 9.17) is 0 Å². The van der Waals surface area contributed by atoms with Crippen molar-refractivity contribution >= 4 is 11.6 Å². The van der Waals surface area contributed by atoms with E-state index in [-0.39, 0.29) is 17.6 Å². The zero-order valence-electron chi connectivity index (χ0n) is 15.6. The number of hydrogen-bond donors (Lipinski definition) is 0. The van der Waals surface area contributed by atoms with Gasteiger partial charge in [-0.25, -0.2) is 4.39 Å². The van der Waals surface area contributed by atoms with Crippen LogP contribution in [0.1, 0.15) is 42.9 Å². The largest absolute Gasteiger partial charge is 0.312 e. The Hall–Kier alpha value is -2.27. The minimum atomic E-state index is -0.196. The van der Waals surface area contributed by atoms with Crippen LogP contribution in [-0.4, -0.2) is 42.0 Å². The summed E-state index contributed by atoms with van der Waals surface area (Å²) in [4.78, 5) is 20.9. The molecule has 142 valence electrons. The van der Waals surface area contributed by atoms with Crippen LogP contribution in [0.25, 0.3) is 0 Å². The Bertz CT molecular complexity index is 810. The molecule has 0 spiro atoms. The highest BCUT2D eigenvalue weighted by atomic mass is 19.1. The molecular formula is C22H26FN3O. The second-order valence-electron chi connectivity index (χ2n) is 7.54. The molecule has 4 rings (SSSR count). The minimum Gasteiger partial charge on any atom is -0.312 e. The topological polar surface area (TPSA) is 36.4 Å². The van der Waals surface area contributed by atoms with E-state index in [2.05, 4.69) is 22.0 Å². The summed E-state index contributed by atoms with van der Waals surface area (Å²) in [6.45, 7) is 3.55. The van der Waals surface area contributed by atoms with Crippen LogP contribution in [0.15, 0.2) is 42.6 Å². The third kappa shape index (κ3) is 4.03. The molecule has 0 bridgehead atoms. The van der Waals surface area contributed by atoms with Crippen molar-refractivity contribution in [3.05, 3.63) is 59.7 Å². The van der Waals surface area contributed by atoms with Crippen LogP contribution in [0.3, 0.4) is 0 Å². The summed E-state index contributed by atoms with van der Waals surface area (Å²) in [5.74, 6) is 0.212. The van der Waals surface area contributed by atoms with E-state index in [0.717, 1.165) is 57.5 Å². The Morgan fingerprint density at radius 2 is 2.00 bits per heavy atom. The lowest BCUT2D eigenvalue weighted by molar-refractivity contribution is -0.119. The van der Waals surface area contributed by atoms with Gasteiger partial charge in [-0.15, -0.1) is 0 Å². The van der Waals surface area contributed by atoms with E-state index >= 15 is 0 Å². The average molecular weight is 367 g/mol. The Labute approximate surface area is 160 Å². The number of rotatable bonds is 5. The fraction of sp³-hybridized carbons (Fsp3) is 0.455. The molecule has 3 heterocycles. The minimum absolute atomic E-state index is 0.171. The second kappa shape index (κ2) is 8.17. The predicted molar refractivity (Wildman–Crippen MR) is 104 cm³/mol. The van der Waals surface area contributed by atoms with Crippen molar-refractivity contribution in [2.75, 3.05) is 31.1 Å². The van der Waals surface area contributed by atoms with Gasteiger partial charge >= 0.3 is 0 Å². The van der Waals surface area contributed by atoms with Crippen molar-refractivity contribution in [3.63, 3.8) is 0 Å². The van der Waals surface area contributed by atoms with Gasteiger partial charge < -0.3 is 9.80 Å². The summed E-state index contributed by atoms with van der Waals surface area (Å²) in [6, 6.07) is 11.4. The van der Waals surface area contributed by atoms with E-state index < -0.39 is 0 Å². The second-order valence-corrected chi connectivity index (χ2v) is 7.54. The number of carbonyl (C=O) groups excluding carboxylic acids is 1. The van der Waals surface area contributed by atoms with Crippen LogP contribution in [0.4, 0.5) is 10.1 Å². The first kappa shape index (κ1) is 18.1. The van der Waals surface area contributed by atoms with E-state index in [1.807, 2.05) is 17.0 Å². The molecule has 2 aromatic rings. The van der Waals surface area contributed by atoms with E-state index in [1.54, 1.807) is 12.3 Å². The van der Waals surface area contributed by atoms with Crippen molar-refractivity contribution in [2.45, 2.75) is 38.0 Å². The first-order chi connectivity index (χ1) is 13.2. The number of nitrogens with zero attached hydrogens (tertiary/aromatic N) is 3. The van der Waals surface area contributed by atoms with Crippen LogP contribution in [-0.2, 0) is 11.2 Å². The molecule has 1 aromatic heterocycles. The lowest BCUT2D eigenvalue weighted by atomic mass is 10.0. The summed E-state index contributed by atoms with van der Waals surface area (Å²) in [5, 5.41) is 0. The number of anilines is 1. The number of amides is 1. The Kier molecular flexibility index (Phi) is 5.48. The summed E-state index contributed by atoms with van der Waals surface area (Å²) in [6.07, 6.45) is 6.24. The Morgan fingerprint density at radius 3 is 2.85 bits per heavy atom. The fourth-order valence-electron chi connectivity index (χ4n) is 4.28. The number of piperidine rings is 1. The van der Waals surface area contributed by atoms with Crippen LogP contribution in [0.5, 0.6) is 0 Å². The standard InChI is InChI=1S/C22H26FN3O/c23-19-7-5-12-24-22(19)18-11-15-25(16-18)14-10-17-6-1-2-8-20(17)26-13-4-3-9-21(26)27/h1-2,5-8,12,18H,3-4,9-11,13-16H2. The van der Waals surface area contributed by atoms with Gasteiger partial charge in [0, 0.05) is 43.9 Å². The van der Waals surface area contributed by atoms with E-state index in [0.29, 0.717) is 12.1 Å². The molecule has 1 unspecified atom stereocenters. The molecule has 27 heavy (non-hydrogen) atoms. The highest BCUT2D eigenvalue weighted by Gasteiger charge is 2.27. The summed E-state index contributed by atoms with van der Waals surface area (Å²) in [7, 11) is 0. The molecule has 2 aliphatic heterocycles. The molecule has 5 heteroatoms. The number of para-hydroxylation sites is 1. The third-order valence-corrected chi connectivity index (χ3v) is 5.75. The molecule has 0 saturated carbocycles. The zero-order valence-corrected chi connectivity index (χ0v) is 15.6. The number of likely N-dealkylation sites (tertiary alicyclic amines) is 1. The van der Waals surface area contributed by atoms with Gasteiger partial charge in [0.1, 0.15) is 5.82 Å². The summed E-state index contributed by atoms with van der Waals surface area (Å²) in [5.41, 5.74) is 2.88. The molecule has 2 saturated heterocycles. The zero-order chi connectivity index (χ0) is 18.6. The van der Waals surface area contributed by atoms with E-state index in [9.17, 15) is 9.18 Å². The molecule has 1 atom stereocenters. The number of halogens is 1. The fourth-order valence-corrected chi connectivity index (χ4v) is 4.28. The molecule has 1 amide bonds. The number of carbonyl (C=O) groups is 1. The monoisotopic (exact) mass is 367 g/mol. The van der Waals surface area contributed by atoms with Gasteiger partial charge in [0.25, 0.3) is 0 Å². The molecule has 1 aromatic carbocycles. The molecular weight excluding hydrogens is 341 g/mol. The molecule has 2 fully saturated rings. The van der Waals surface area contributed by atoms with Gasteiger partial charge in [-0.1, -0.05) is 18.2 Å². The Balaban J connectivity index is 1.40. The molecule has 2 aliphatic rings. The van der Waals surface area contributed by atoms with Crippen molar-refractivity contribution in [1.82, 2.24) is 9.88 Å². The maximum Gasteiger partial charge on any atom is 0.226 e. The number of hydrogen-bond acceptors (Lipinski definition) is 3. The van der Waals surface area contributed by atoms with Crippen molar-refractivity contribution in [2.24, 2.45) is 0 Å². The first-order valence-corrected chi connectivity index (χ1v) is 9.93. The number of benzene rings is 1. The van der Waals surface area contributed by atoms with Gasteiger partial charge in [0.15, 0.2) is 0 Å². The molecule has 0 aliphatic carbocycles. The quantitative estimate of drug-likeness (QED) is 0.807. The van der Waals surface area contributed by atoms with Crippen LogP contribution in [0.2, 0.25) is 0 Å². The molecule has 0 N–H and O–H groups in total.